The third kappa shape index (κ3) is 4.21. The number of aromatic carboxylic acids is 1. The number of aromatic nitrogens is 2. The largest absolute Gasteiger partial charge is 0.478 e. The Bertz CT molecular complexity index is 1340. The number of fused-ring (bicyclic) bond motifs is 1. The van der Waals surface area contributed by atoms with E-state index in [0.29, 0.717) is 11.9 Å². The number of nitrogens with one attached hydrogen (secondary N) is 1. The van der Waals surface area contributed by atoms with Crippen LogP contribution >= 0.6 is 23.2 Å². The molecule has 0 aliphatic heterocycles. The van der Waals surface area contributed by atoms with Crippen molar-refractivity contribution in [2.75, 3.05) is 5.32 Å². The van der Waals surface area contributed by atoms with E-state index >= 15 is 0 Å². The van der Waals surface area contributed by atoms with Crippen LogP contribution in [0.4, 0.5) is 5.69 Å². The third-order valence-electron chi connectivity index (χ3n) is 4.89. The molecule has 160 valence electrons. The first-order valence-electron chi connectivity index (χ1n) is 9.41. The van der Waals surface area contributed by atoms with Gasteiger partial charge in [-0.2, -0.15) is 0 Å². The average Bonchev–Trinajstić information content (AvgIpc) is 3.14. The zero-order valence-corrected chi connectivity index (χ0v) is 17.9. The van der Waals surface area contributed by atoms with Crippen LogP contribution in [-0.4, -0.2) is 32.2 Å². The van der Waals surface area contributed by atoms with E-state index in [9.17, 15) is 14.4 Å². The Labute approximate surface area is 192 Å². The quantitative estimate of drug-likeness (QED) is 0.314. The Hall–Kier alpha value is -3.68. The number of nitrogens with zero attached hydrogens (tertiary/aromatic N) is 2. The van der Waals surface area contributed by atoms with Crippen molar-refractivity contribution < 1.29 is 19.5 Å². The van der Waals surface area contributed by atoms with Gasteiger partial charge in [-0.15, -0.1) is 0 Å². The second-order valence-electron chi connectivity index (χ2n) is 6.95. The molecule has 4 rings (SSSR count). The minimum atomic E-state index is -1.00. The van der Waals surface area contributed by atoms with Crippen molar-refractivity contribution in [1.29, 1.82) is 0 Å². The van der Waals surface area contributed by atoms with Crippen molar-refractivity contribution in [2.24, 2.45) is 0 Å². The second kappa shape index (κ2) is 8.82. The maximum atomic E-state index is 13.0. The Balaban J connectivity index is 1.65. The molecular formula is C23H15Cl2N3O4. The standard InChI is InChI=1S/C23H15Cl2N3O4/c24-17-11-26-12-18(25)20(17)27-22(30)21(29)16-10-15(28-8-2-1-3-19(16)28)9-13-4-6-14(7-5-13)23(31)32/h1-8,10-12H,9H2,(H,31,32)(H,26,27,30). The number of carboxylic acid groups (broad SMARTS) is 1. The van der Waals surface area contributed by atoms with Gasteiger partial charge in [0.1, 0.15) is 0 Å². The second-order valence-corrected chi connectivity index (χ2v) is 7.76. The molecule has 0 fully saturated rings. The molecule has 0 bridgehead atoms. The number of Topliss-reactive ketones (excluding diaryl/α,β-unsaturated/α-hetero) is 1. The molecule has 9 heteroatoms. The first-order valence-corrected chi connectivity index (χ1v) is 10.2. The highest BCUT2D eigenvalue weighted by Gasteiger charge is 2.23. The number of pyridine rings is 2. The van der Waals surface area contributed by atoms with Crippen molar-refractivity contribution in [3.63, 3.8) is 0 Å². The molecule has 0 atom stereocenters. The van der Waals surface area contributed by atoms with E-state index < -0.39 is 17.7 Å². The van der Waals surface area contributed by atoms with Gasteiger partial charge in [-0.1, -0.05) is 41.4 Å². The van der Waals surface area contributed by atoms with Gasteiger partial charge in [-0.05, 0) is 35.9 Å². The van der Waals surface area contributed by atoms with Crippen LogP contribution in [0.3, 0.4) is 0 Å². The summed E-state index contributed by atoms with van der Waals surface area (Å²) in [6, 6.07) is 13.5. The number of anilines is 1. The number of amides is 1. The number of benzene rings is 1. The fraction of sp³-hybridized carbons (Fsp3) is 0.0435. The van der Waals surface area contributed by atoms with Crippen LogP contribution in [0.15, 0.2) is 67.1 Å². The average molecular weight is 468 g/mol. The van der Waals surface area contributed by atoms with Gasteiger partial charge < -0.3 is 14.8 Å². The third-order valence-corrected chi connectivity index (χ3v) is 5.46. The normalized spacial score (nSPS) is 10.8. The number of hydrogen-bond donors (Lipinski definition) is 2. The molecule has 0 aliphatic rings. The van der Waals surface area contributed by atoms with Gasteiger partial charge in [0.15, 0.2) is 0 Å². The molecule has 2 N–H and O–H groups in total. The molecule has 0 saturated carbocycles. The van der Waals surface area contributed by atoms with Crippen molar-refractivity contribution >= 4 is 52.1 Å². The van der Waals surface area contributed by atoms with Gasteiger partial charge in [0.25, 0.3) is 11.7 Å². The summed E-state index contributed by atoms with van der Waals surface area (Å²) in [5.74, 6) is -2.63. The first kappa shape index (κ1) is 21.5. The van der Waals surface area contributed by atoms with Crippen LogP contribution in [0.5, 0.6) is 0 Å². The summed E-state index contributed by atoms with van der Waals surface area (Å²) in [6.07, 6.45) is 4.85. The topological polar surface area (TPSA) is 101 Å². The number of carbonyl (C=O) groups excluding carboxylic acids is 2. The highest BCUT2D eigenvalue weighted by Crippen LogP contribution is 2.29. The summed E-state index contributed by atoms with van der Waals surface area (Å²) in [5, 5.41) is 11.8. The number of rotatable bonds is 6. The fourth-order valence-electron chi connectivity index (χ4n) is 3.34. The number of ketones is 1. The summed E-state index contributed by atoms with van der Waals surface area (Å²) >= 11 is 12.1. The summed E-state index contributed by atoms with van der Waals surface area (Å²) in [6.45, 7) is 0. The monoisotopic (exact) mass is 467 g/mol. The molecule has 3 heterocycles. The SMILES string of the molecule is O=C(Nc1c(Cl)cncc1Cl)C(=O)c1cc(Cc2ccc(C(=O)O)cc2)n2ccccc12. The number of halogens is 2. The van der Waals surface area contributed by atoms with Gasteiger partial charge in [-0.25, -0.2) is 4.79 Å². The lowest BCUT2D eigenvalue weighted by atomic mass is 10.1. The van der Waals surface area contributed by atoms with Crippen molar-refractivity contribution in [2.45, 2.75) is 6.42 Å². The minimum absolute atomic E-state index is 0.115. The van der Waals surface area contributed by atoms with E-state index in [1.807, 2.05) is 10.5 Å². The Morgan fingerprint density at radius 2 is 1.69 bits per heavy atom. The lowest BCUT2D eigenvalue weighted by Gasteiger charge is -2.07. The maximum absolute atomic E-state index is 13.0. The van der Waals surface area contributed by atoms with Gasteiger partial charge in [0.05, 0.1) is 32.4 Å². The van der Waals surface area contributed by atoms with Crippen LogP contribution in [0.1, 0.15) is 32.0 Å². The fourth-order valence-corrected chi connectivity index (χ4v) is 3.80. The van der Waals surface area contributed by atoms with E-state index in [4.69, 9.17) is 28.3 Å². The molecule has 0 saturated heterocycles. The lowest BCUT2D eigenvalue weighted by molar-refractivity contribution is -0.112. The number of carboxylic acids is 1. The summed E-state index contributed by atoms with van der Waals surface area (Å²) in [5.41, 5.74) is 2.72. The van der Waals surface area contributed by atoms with Crippen LogP contribution in [0, 0.1) is 0 Å². The molecular weight excluding hydrogens is 453 g/mol. The Kier molecular flexibility index (Phi) is 5.94. The molecule has 7 nitrogen and oxygen atoms in total. The van der Waals surface area contributed by atoms with E-state index in [1.165, 1.54) is 24.5 Å². The highest BCUT2D eigenvalue weighted by molar-refractivity contribution is 6.49. The van der Waals surface area contributed by atoms with Crippen LogP contribution < -0.4 is 5.32 Å². The van der Waals surface area contributed by atoms with E-state index in [2.05, 4.69) is 10.3 Å². The first-order chi connectivity index (χ1) is 15.3. The lowest BCUT2D eigenvalue weighted by Crippen LogP contribution is -2.23. The molecule has 4 aromatic rings. The van der Waals surface area contributed by atoms with Crippen LogP contribution in [-0.2, 0) is 11.2 Å². The van der Waals surface area contributed by atoms with Crippen molar-refractivity contribution in [3.05, 3.63) is 99.6 Å². The highest BCUT2D eigenvalue weighted by atomic mass is 35.5. The zero-order chi connectivity index (χ0) is 22.8. The summed E-state index contributed by atoms with van der Waals surface area (Å²) < 4.78 is 1.82. The minimum Gasteiger partial charge on any atom is -0.478 e. The molecule has 1 aromatic carbocycles. The van der Waals surface area contributed by atoms with Crippen LogP contribution in [0.25, 0.3) is 5.52 Å². The number of carbonyl (C=O) groups is 3. The molecule has 0 spiro atoms. The molecule has 3 aromatic heterocycles. The summed E-state index contributed by atoms with van der Waals surface area (Å²) in [7, 11) is 0. The van der Waals surface area contributed by atoms with Gasteiger partial charge in [0.2, 0.25) is 0 Å². The van der Waals surface area contributed by atoms with Crippen molar-refractivity contribution in [3.8, 4) is 0 Å². The van der Waals surface area contributed by atoms with Crippen LogP contribution in [0.2, 0.25) is 10.0 Å². The predicted octanol–water partition coefficient (Wildman–Crippen LogP) is 4.75. The van der Waals surface area contributed by atoms with Gasteiger partial charge >= 0.3 is 5.97 Å². The Morgan fingerprint density at radius 1 is 1.00 bits per heavy atom. The van der Waals surface area contributed by atoms with E-state index in [0.717, 1.165) is 11.3 Å². The summed E-state index contributed by atoms with van der Waals surface area (Å²) in [4.78, 5) is 40.5. The molecule has 0 aliphatic carbocycles. The molecule has 1 amide bonds. The number of hydrogen-bond acceptors (Lipinski definition) is 4. The molecule has 0 radical (unpaired) electrons. The maximum Gasteiger partial charge on any atom is 0.335 e. The smallest absolute Gasteiger partial charge is 0.335 e. The van der Waals surface area contributed by atoms with E-state index in [1.54, 1.807) is 36.5 Å². The zero-order valence-electron chi connectivity index (χ0n) is 16.4. The van der Waals surface area contributed by atoms with Gasteiger partial charge in [0, 0.05) is 30.7 Å². The van der Waals surface area contributed by atoms with E-state index in [-0.39, 0.29) is 26.9 Å². The van der Waals surface area contributed by atoms with Gasteiger partial charge in [-0.3, -0.25) is 14.6 Å². The Morgan fingerprint density at radius 3 is 2.34 bits per heavy atom. The molecule has 32 heavy (non-hydrogen) atoms. The molecule has 0 unspecified atom stereocenters. The van der Waals surface area contributed by atoms with Crippen molar-refractivity contribution in [1.82, 2.24) is 9.38 Å². The predicted molar refractivity (Wildman–Crippen MR) is 121 cm³/mol.